The third-order valence-electron chi connectivity index (χ3n) is 3.92. The number of ether oxygens (including phenoxy) is 2. The van der Waals surface area contributed by atoms with Crippen LogP contribution in [0.4, 0.5) is 0 Å². The molecule has 6 heteroatoms. The number of rotatable bonds is 7. The van der Waals surface area contributed by atoms with Crippen molar-refractivity contribution >= 4 is 29.0 Å². The van der Waals surface area contributed by atoms with Crippen LogP contribution in [0, 0.1) is 0 Å². The lowest BCUT2D eigenvalue weighted by Gasteiger charge is -2.24. The van der Waals surface area contributed by atoms with Crippen molar-refractivity contribution in [3.05, 3.63) is 46.2 Å². The predicted molar refractivity (Wildman–Crippen MR) is 99.1 cm³/mol. The summed E-state index contributed by atoms with van der Waals surface area (Å²) in [5, 5.41) is 2.12. The molecule has 1 unspecified atom stereocenters. The summed E-state index contributed by atoms with van der Waals surface area (Å²) < 4.78 is 11.0. The van der Waals surface area contributed by atoms with E-state index >= 15 is 0 Å². The van der Waals surface area contributed by atoms with Gasteiger partial charge in [0.1, 0.15) is 5.37 Å². The molecule has 1 aliphatic heterocycles. The number of thioether (sulfide) groups is 1. The molecule has 0 N–H and O–H groups in total. The second-order valence-electron chi connectivity index (χ2n) is 5.42. The fraction of sp³-hybridized carbons (Fsp3) is 0.389. The monoisotopic (exact) mass is 363 g/mol. The van der Waals surface area contributed by atoms with Crippen LogP contribution in [0.5, 0.6) is 11.5 Å². The molecule has 1 amide bonds. The lowest BCUT2D eigenvalue weighted by atomic mass is 10.1. The average Bonchev–Trinajstić information content (AvgIpc) is 3.23. The summed E-state index contributed by atoms with van der Waals surface area (Å²) in [5.74, 6) is 2.19. The Kier molecular flexibility index (Phi) is 5.68. The zero-order chi connectivity index (χ0) is 16.9. The second-order valence-corrected chi connectivity index (χ2v) is 7.52. The Hall–Kier alpha value is -1.66. The van der Waals surface area contributed by atoms with Crippen LogP contribution in [-0.2, 0) is 11.2 Å². The van der Waals surface area contributed by atoms with Crippen LogP contribution in [0.25, 0.3) is 0 Å². The van der Waals surface area contributed by atoms with E-state index in [1.54, 1.807) is 30.2 Å². The minimum Gasteiger partial charge on any atom is -0.493 e. The maximum Gasteiger partial charge on any atom is 0.233 e. The summed E-state index contributed by atoms with van der Waals surface area (Å²) in [7, 11) is 1.64. The molecule has 2 heterocycles. The molecule has 1 atom stereocenters. The standard InChI is InChI=1S/C18H21NO3S2/c1-3-22-16-11-13(6-7-15(16)21-2)18-19(17(20)12-24-18)9-8-14-5-4-10-23-14/h4-7,10-11,18H,3,8-9,12H2,1-2H3. The zero-order valence-corrected chi connectivity index (χ0v) is 15.5. The summed E-state index contributed by atoms with van der Waals surface area (Å²) in [6.45, 7) is 3.28. The van der Waals surface area contributed by atoms with Gasteiger partial charge in [0.15, 0.2) is 11.5 Å². The molecule has 24 heavy (non-hydrogen) atoms. The van der Waals surface area contributed by atoms with Gasteiger partial charge < -0.3 is 14.4 Å². The molecule has 1 aliphatic rings. The summed E-state index contributed by atoms with van der Waals surface area (Å²) in [5.41, 5.74) is 1.08. The molecular weight excluding hydrogens is 342 g/mol. The Morgan fingerprint density at radius 2 is 2.17 bits per heavy atom. The van der Waals surface area contributed by atoms with Crippen molar-refractivity contribution in [3.63, 3.8) is 0 Å². The van der Waals surface area contributed by atoms with E-state index in [0.29, 0.717) is 12.4 Å². The highest BCUT2D eigenvalue weighted by Gasteiger charge is 2.33. The molecule has 1 saturated heterocycles. The Morgan fingerprint density at radius 3 is 2.88 bits per heavy atom. The molecule has 2 aromatic rings. The maximum atomic E-state index is 12.3. The zero-order valence-electron chi connectivity index (χ0n) is 13.9. The van der Waals surface area contributed by atoms with Crippen LogP contribution in [-0.4, -0.2) is 36.8 Å². The Balaban J connectivity index is 1.78. The Bertz CT molecular complexity index is 688. The molecule has 3 rings (SSSR count). The number of carbonyl (C=O) groups is 1. The number of amides is 1. The predicted octanol–water partition coefficient (Wildman–Crippen LogP) is 3.97. The Morgan fingerprint density at radius 1 is 1.29 bits per heavy atom. The Labute approximate surface area is 150 Å². The molecule has 0 aliphatic carbocycles. The highest BCUT2D eigenvalue weighted by molar-refractivity contribution is 8.00. The topological polar surface area (TPSA) is 38.8 Å². The van der Waals surface area contributed by atoms with Gasteiger partial charge in [-0.15, -0.1) is 23.1 Å². The first-order chi connectivity index (χ1) is 11.7. The highest BCUT2D eigenvalue weighted by Crippen LogP contribution is 2.41. The average molecular weight is 364 g/mol. The van der Waals surface area contributed by atoms with Gasteiger partial charge in [0.05, 0.1) is 19.5 Å². The molecule has 0 bridgehead atoms. The molecule has 0 spiro atoms. The minimum atomic E-state index is 0.0441. The summed E-state index contributed by atoms with van der Waals surface area (Å²) in [6.07, 6.45) is 0.898. The van der Waals surface area contributed by atoms with Crippen molar-refractivity contribution in [1.82, 2.24) is 4.90 Å². The van der Waals surface area contributed by atoms with Crippen molar-refractivity contribution in [2.24, 2.45) is 0 Å². The fourth-order valence-electron chi connectivity index (χ4n) is 2.77. The van der Waals surface area contributed by atoms with Crippen LogP contribution < -0.4 is 9.47 Å². The molecular formula is C18H21NO3S2. The van der Waals surface area contributed by atoms with E-state index in [1.807, 2.05) is 30.0 Å². The van der Waals surface area contributed by atoms with Crippen molar-refractivity contribution in [1.29, 1.82) is 0 Å². The molecule has 1 aromatic carbocycles. The van der Waals surface area contributed by atoms with Gasteiger partial charge in [0.25, 0.3) is 0 Å². The van der Waals surface area contributed by atoms with Gasteiger partial charge in [0, 0.05) is 11.4 Å². The van der Waals surface area contributed by atoms with Crippen LogP contribution in [0.15, 0.2) is 35.7 Å². The van der Waals surface area contributed by atoms with E-state index in [9.17, 15) is 4.79 Å². The van der Waals surface area contributed by atoms with E-state index in [1.165, 1.54) is 4.88 Å². The normalized spacial score (nSPS) is 17.3. The van der Waals surface area contributed by atoms with Crippen molar-refractivity contribution in [2.45, 2.75) is 18.7 Å². The van der Waals surface area contributed by atoms with E-state index in [0.717, 1.165) is 30.0 Å². The quantitative estimate of drug-likeness (QED) is 0.746. The molecule has 0 saturated carbocycles. The number of thiophene rings is 1. The number of methoxy groups -OCH3 is 1. The van der Waals surface area contributed by atoms with Crippen molar-refractivity contribution in [3.8, 4) is 11.5 Å². The second kappa shape index (κ2) is 7.94. The van der Waals surface area contributed by atoms with E-state index in [-0.39, 0.29) is 11.3 Å². The van der Waals surface area contributed by atoms with Crippen LogP contribution >= 0.6 is 23.1 Å². The summed E-state index contributed by atoms with van der Waals surface area (Å²) >= 11 is 3.41. The molecule has 128 valence electrons. The van der Waals surface area contributed by atoms with Gasteiger partial charge in [0.2, 0.25) is 5.91 Å². The lowest BCUT2D eigenvalue weighted by Crippen LogP contribution is -2.30. The SMILES string of the molecule is CCOc1cc(C2SCC(=O)N2CCc2cccs2)ccc1OC. The van der Waals surface area contributed by atoms with Gasteiger partial charge in [-0.3, -0.25) is 4.79 Å². The first kappa shape index (κ1) is 17.2. The third kappa shape index (κ3) is 3.70. The summed E-state index contributed by atoms with van der Waals surface area (Å²) in [4.78, 5) is 15.6. The highest BCUT2D eigenvalue weighted by atomic mass is 32.2. The fourth-order valence-corrected chi connectivity index (χ4v) is 4.68. The van der Waals surface area contributed by atoms with Crippen molar-refractivity contribution < 1.29 is 14.3 Å². The van der Waals surface area contributed by atoms with Gasteiger partial charge in [-0.25, -0.2) is 0 Å². The molecule has 0 radical (unpaired) electrons. The minimum absolute atomic E-state index is 0.0441. The summed E-state index contributed by atoms with van der Waals surface area (Å²) in [6, 6.07) is 10.1. The first-order valence-electron chi connectivity index (χ1n) is 7.97. The number of hydrogen-bond acceptors (Lipinski definition) is 5. The number of carbonyl (C=O) groups excluding carboxylic acids is 1. The number of nitrogens with zero attached hydrogens (tertiary/aromatic N) is 1. The largest absolute Gasteiger partial charge is 0.493 e. The molecule has 4 nitrogen and oxygen atoms in total. The van der Waals surface area contributed by atoms with Gasteiger partial charge >= 0.3 is 0 Å². The van der Waals surface area contributed by atoms with Gasteiger partial charge in [-0.1, -0.05) is 12.1 Å². The smallest absolute Gasteiger partial charge is 0.233 e. The van der Waals surface area contributed by atoms with Gasteiger partial charge in [-0.05, 0) is 42.5 Å². The van der Waals surface area contributed by atoms with E-state index in [2.05, 4.69) is 17.5 Å². The van der Waals surface area contributed by atoms with Gasteiger partial charge in [-0.2, -0.15) is 0 Å². The van der Waals surface area contributed by atoms with E-state index < -0.39 is 0 Å². The van der Waals surface area contributed by atoms with Crippen molar-refractivity contribution in [2.75, 3.05) is 26.0 Å². The van der Waals surface area contributed by atoms with E-state index in [4.69, 9.17) is 9.47 Å². The van der Waals surface area contributed by atoms with Crippen LogP contribution in [0.2, 0.25) is 0 Å². The number of hydrogen-bond donors (Lipinski definition) is 0. The lowest BCUT2D eigenvalue weighted by molar-refractivity contribution is -0.128. The first-order valence-corrected chi connectivity index (χ1v) is 9.90. The maximum absolute atomic E-state index is 12.3. The van der Waals surface area contributed by atoms with Crippen LogP contribution in [0.3, 0.4) is 0 Å². The molecule has 1 aromatic heterocycles. The van der Waals surface area contributed by atoms with Crippen LogP contribution in [0.1, 0.15) is 22.7 Å². The molecule has 1 fully saturated rings. The number of benzene rings is 1. The third-order valence-corrected chi connectivity index (χ3v) is 6.11.